The van der Waals surface area contributed by atoms with E-state index >= 15 is 0 Å². The van der Waals surface area contributed by atoms with Gasteiger partial charge in [-0.05, 0) is 49.3 Å². The monoisotopic (exact) mass is 280 g/mol. The second-order valence-electron chi connectivity index (χ2n) is 6.19. The van der Waals surface area contributed by atoms with Gasteiger partial charge < -0.3 is 11.1 Å². The van der Waals surface area contributed by atoms with Crippen molar-refractivity contribution in [2.24, 2.45) is 5.41 Å². The fourth-order valence-electron chi connectivity index (χ4n) is 2.56. The van der Waals surface area contributed by atoms with Gasteiger partial charge in [0.05, 0.1) is 0 Å². The standard InChI is InChI=1S/C15H21ClN2O/c1-15(2)5-3-13(4-6-15)18-14(19)10-7-11(16)9-12(17)8-10/h7-9,13H,3-6,17H2,1-2H3,(H,18,19). The van der Waals surface area contributed by atoms with Crippen LogP contribution in [0.4, 0.5) is 5.69 Å². The molecule has 0 bridgehead atoms. The van der Waals surface area contributed by atoms with Crippen LogP contribution in [0.5, 0.6) is 0 Å². The molecule has 1 aliphatic rings. The number of halogens is 1. The van der Waals surface area contributed by atoms with Gasteiger partial charge in [0, 0.05) is 22.3 Å². The van der Waals surface area contributed by atoms with E-state index in [4.69, 9.17) is 17.3 Å². The van der Waals surface area contributed by atoms with E-state index in [0.717, 1.165) is 25.7 Å². The van der Waals surface area contributed by atoms with Crippen molar-refractivity contribution in [3.8, 4) is 0 Å². The average molecular weight is 281 g/mol. The number of hydrogen-bond donors (Lipinski definition) is 2. The SMILES string of the molecule is CC1(C)CCC(NC(=O)c2cc(N)cc(Cl)c2)CC1. The summed E-state index contributed by atoms with van der Waals surface area (Å²) in [4.78, 5) is 12.2. The second-order valence-corrected chi connectivity index (χ2v) is 6.62. The van der Waals surface area contributed by atoms with Crippen LogP contribution < -0.4 is 11.1 Å². The number of nitrogen functional groups attached to an aromatic ring is 1. The Labute approximate surface area is 119 Å². The summed E-state index contributed by atoms with van der Waals surface area (Å²) < 4.78 is 0. The number of benzene rings is 1. The Morgan fingerprint density at radius 1 is 1.32 bits per heavy atom. The van der Waals surface area contributed by atoms with Crippen LogP contribution in [0.1, 0.15) is 49.9 Å². The highest BCUT2D eigenvalue weighted by atomic mass is 35.5. The summed E-state index contributed by atoms with van der Waals surface area (Å²) in [5, 5.41) is 3.57. The number of rotatable bonds is 2. The van der Waals surface area contributed by atoms with E-state index < -0.39 is 0 Å². The smallest absolute Gasteiger partial charge is 0.251 e. The van der Waals surface area contributed by atoms with Crippen LogP contribution in [0, 0.1) is 5.41 Å². The Morgan fingerprint density at radius 2 is 1.95 bits per heavy atom. The van der Waals surface area contributed by atoms with E-state index in [0.29, 0.717) is 21.7 Å². The number of carbonyl (C=O) groups is 1. The molecule has 0 aromatic heterocycles. The predicted molar refractivity (Wildman–Crippen MR) is 79.4 cm³/mol. The van der Waals surface area contributed by atoms with Crippen LogP contribution in [0.15, 0.2) is 18.2 Å². The van der Waals surface area contributed by atoms with Crippen molar-refractivity contribution in [3.63, 3.8) is 0 Å². The fraction of sp³-hybridized carbons (Fsp3) is 0.533. The predicted octanol–water partition coefficient (Wildman–Crippen LogP) is 3.62. The minimum absolute atomic E-state index is 0.0843. The average Bonchev–Trinajstić information content (AvgIpc) is 2.30. The quantitative estimate of drug-likeness (QED) is 0.813. The maximum Gasteiger partial charge on any atom is 0.251 e. The zero-order valence-electron chi connectivity index (χ0n) is 11.5. The van der Waals surface area contributed by atoms with Gasteiger partial charge in [-0.25, -0.2) is 0 Å². The molecule has 104 valence electrons. The van der Waals surface area contributed by atoms with Gasteiger partial charge in [0.1, 0.15) is 0 Å². The highest BCUT2D eigenvalue weighted by Crippen LogP contribution is 2.35. The summed E-state index contributed by atoms with van der Waals surface area (Å²) in [5.74, 6) is -0.0843. The van der Waals surface area contributed by atoms with Crippen LogP contribution in [0.25, 0.3) is 0 Å². The third kappa shape index (κ3) is 3.87. The summed E-state index contributed by atoms with van der Waals surface area (Å²) in [5.41, 5.74) is 7.16. The van der Waals surface area contributed by atoms with Gasteiger partial charge in [0.25, 0.3) is 5.91 Å². The van der Waals surface area contributed by atoms with E-state index in [-0.39, 0.29) is 11.9 Å². The van der Waals surface area contributed by atoms with Crippen molar-refractivity contribution in [1.82, 2.24) is 5.32 Å². The molecule has 0 heterocycles. The molecule has 2 rings (SSSR count). The van der Waals surface area contributed by atoms with Gasteiger partial charge in [-0.3, -0.25) is 4.79 Å². The summed E-state index contributed by atoms with van der Waals surface area (Å²) >= 11 is 5.91. The lowest BCUT2D eigenvalue weighted by molar-refractivity contribution is 0.0909. The van der Waals surface area contributed by atoms with Crippen LogP contribution in [-0.2, 0) is 0 Å². The van der Waals surface area contributed by atoms with Gasteiger partial charge >= 0.3 is 0 Å². The summed E-state index contributed by atoms with van der Waals surface area (Å²) in [6.45, 7) is 4.56. The fourth-order valence-corrected chi connectivity index (χ4v) is 2.80. The van der Waals surface area contributed by atoms with Crippen LogP contribution in [0.3, 0.4) is 0 Å². The van der Waals surface area contributed by atoms with Gasteiger partial charge in [0.2, 0.25) is 0 Å². The molecule has 0 saturated heterocycles. The first-order valence-electron chi connectivity index (χ1n) is 6.73. The molecule has 1 amide bonds. The van der Waals surface area contributed by atoms with E-state index in [1.165, 1.54) is 0 Å². The number of anilines is 1. The molecule has 4 heteroatoms. The Morgan fingerprint density at radius 3 is 2.53 bits per heavy atom. The van der Waals surface area contributed by atoms with Gasteiger partial charge in [-0.15, -0.1) is 0 Å². The van der Waals surface area contributed by atoms with E-state index in [2.05, 4.69) is 19.2 Å². The van der Waals surface area contributed by atoms with E-state index in [1.54, 1.807) is 18.2 Å². The number of carbonyl (C=O) groups excluding carboxylic acids is 1. The van der Waals surface area contributed by atoms with Crippen molar-refractivity contribution in [1.29, 1.82) is 0 Å². The van der Waals surface area contributed by atoms with Crippen molar-refractivity contribution in [2.75, 3.05) is 5.73 Å². The number of nitrogens with one attached hydrogen (secondary N) is 1. The van der Waals surface area contributed by atoms with Crippen LogP contribution in [0.2, 0.25) is 5.02 Å². The molecule has 1 saturated carbocycles. The molecule has 1 aliphatic carbocycles. The third-order valence-corrected chi connectivity index (χ3v) is 4.07. The topological polar surface area (TPSA) is 55.1 Å². The lowest BCUT2D eigenvalue weighted by Gasteiger charge is -2.34. The van der Waals surface area contributed by atoms with Crippen LogP contribution >= 0.6 is 11.6 Å². The largest absolute Gasteiger partial charge is 0.399 e. The third-order valence-electron chi connectivity index (χ3n) is 3.86. The Bertz CT molecular complexity index is 455. The van der Waals surface area contributed by atoms with E-state index in [9.17, 15) is 4.79 Å². The molecule has 3 nitrogen and oxygen atoms in total. The first-order valence-corrected chi connectivity index (χ1v) is 7.10. The Kier molecular flexibility index (Phi) is 4.04. The highest BCUT2D eigenvalue weighted by Gasteiger charge is 2.27. The maximum absolute atomic E-state index is 12.2. The van der Waals surface area contributed by atoms with Crippen molar-refractivity contribution >= 4 is 23.2 Å². The normalized spacial score (nSPS) is 19.1. The van der Waals surface area contributed by atoms with Crippen molar-refractivity contribution < 1.29 is 4.79 Å². The molecule has 1 fully saturated rings. The van der Waals surface area contributed by atoms with E-state index in [1.807, 2.05) is 0 Å². The Balaban J connectivity index is 1.98. The van der Waals surface area contributed by atoms with Gasteiger partial charge in [-0.2, -0.15) is 0 Å². The maximum atomic E-state index is 12.2. The molecule has 1 aromatic rings. The number of nitrogens with two attached hydrogens (primary N) is 1. The lowest BCUT2D eigenvalue weighted by Crippen LogP contribution is -2.39. The summed E-state index contributed by atoms with van der Waals surface area (Å²) in [6, 6.07) is 5.22. The second kappa shape index (κ2) is 5.41. The zero-order valence-corrected chi connectivity index (χ0v) is 12.3. The van der Waals surface area contributed by atoms with Gasteiger partial charge in [0.15, 0.2) is 0 Å². The molecule has 0 aliphatic heterocycles. The van der Waals surface area contributed by atoms with Crippen molar-refractivity contribution in [2.45, 2.75) is 45.6 Å². The lowest BCUT2D eigenvalue weighted by atomic mass is 9.75. The molecular formula is C15H21ClN2O. The number of amides is 1. The minimum atomic E-state index is -0.0843. The molecule has 19 heavy (non-hydrogen) atoms. The highest BCUT2D eigenvalue weighted by molar-refractivity contribution is 6.31. The molecule has 0 atom stereocenters. The Hall–Kier alpha value is -1.22. The molecule has 3 N–H and O–H groups in total. The molecule has 0 spiro atoms. The first-order chi connectivity index (χ1) is 8.85. The molecule has 0 radical (unpaired) electrons. The first kappa shape index (κ1) is 14.2. The molecule has 1 aromatic carbocycles. The number of hydrogen-bond acceptors (Lipinski definition) is 2. The molecular weight excluding hydrogens is 260 g/mol. The van der Waals surface area contributed by atoms with Crippen molar-refractivity contribution in [3.05, 3.63) is 28.8 Å². The summed E-state index contributed by atoms with van der Waals surface area (Å²) in [6.07, 6.45) is 4.37. The minimum Gasteiger partial charge on any atom is -0.399 e. The van der Waals surface area contributed by atoms with Crippen LogP contribution in [-0.4, -0.2) is 11.9 Å². The summed E-state index contributed by atoms with van der Waals surface area (Å²) in [7, 11) is 0. The zero-order chi connectivity index (χ0) is 14.0. The van der Waals surface area contributed by atoms with Gasteiger partial charge in [-0.1, -0.05) is 25.4 Å². The molecule has 0 unspecified atom stereocenters.